The first-order valence-electron chi connectivity index (χ1n) is 9.85. The third kappa shape index (κ3) is 6.52. The number of hydrogen-bond donors (Lipinski definition) is 2. The highest BCUT2D eigenvalue weighted by atomic mass is 16.5. The Labute approximate surface area is 172 Å². The van der Waals surface area contributed by atoms with Crippen molar-refractivity contribution < 1.29 is 19.1 Å². The van der Waals surface area contributed by atoms with Crippen molar-refractivity contribution in [1.82, 2.24) is 0 Å². The predicted octanol–water partition coefficient (Wildman–Crippen LogP) is 4.82. The van der Waals surface area contributed by atoms with Crippen molar-refractivity contribution in [2.45, 2.75) is 40.0 Å². The zero-order valence-corrected chi connectivity index (χ0v) is 17.7. The average molecular weight is 399 g/mol. The fraction of sp³-hybridized carbons (Fsp3) is 0.391. The molecule has 0 unspecified atom stereocenters. The minimum absolute atomic E-state index is 0.100. The monoisotopic (exact) mass is 398 g/mol. The standard InChI is InChI=1S/C23H30N2O4/c1-6-16(4)17-7-10-19(11-8-17)29-14-22(26)24-18-9-12-20(21(13-18)28-5)25-23(27)15(2)3/h7-13,15-16H,6,14H2,1-5H3,(H,24,26)(H,25,27)/t16-/m0/s1. The van der Waals surface area contributed by atoms with Crippen LogP contribution in [0.15, 0.2) is 42.5 Å². The molecule has 2 amide bonds. The van der Waals surface area contributed by atoms with Crippen LogP contribution in [0.3, 0.4) is 0 Å². The Morgan fingerprint density at radius 2 is 1.69 bits per heavy atom. The van der Waals surface area contributed by atoms with E-state index in [2.05, 4.69) is 24.5 Å². The van der Waals surface area contributed by atoms with Crippen LogP contribution in [0.25, 0.3) is 0 Å². The maximum atomic E-state index is 12.2. The molecule has 0 aliphatic carbocycles. The van der Waals surface area contributed by atoms with Crippen LogP contribution in [0.4, 0.5) is 11.4 Å². The third-order valence-corrected chi connectivity index (χ3v) is 4.70. The summed E-state index contributed by atoms with van der Waals surface area (Å²) >= 11 is 0. The molecule has 2 aromatic carbocycles. The topological polar surface area (TPSA) is 76.7 Å². The SMILES string of the molecule is CC[C@H](C)c1ccc(OCC(=O)Nc2ccc(NC(=O)C(C)C)c(OC)c2)cc1. The van der Waals surface area contributed by atoms with E-state index in [9.17, 15) is 9.59 Å². The Hall–Kier alpha value is -3.02. The number of ether oxygens (including phenoxy) is 2. The Morgan fingerprint density at radius 3 is 2.28 bits per heavy atom. The van der Waals surface area contributed by atoms with Gasteiger partial charge in [-0.15, -0.1) is 0 Å². The van der Waals surface area contributed by atoms with Crippen LogP contribution in [0.1, 0.15) is 45.6 Å². The van der Waals surface area contributed by atoms with E-state index in [0.717, 1.165) is 6.42 Å². The highest BCUT2D eigenvalue weighted by Gasteiger charge is 2.12. The van der Waals surface area contributed by atoms with Gasteiger partial charge in [0.1, 0.15) is 11.5 Å². The summed E-state index contributed by atoms with van der Waals surface area (Å²) in [6.07, 6.45) is 1.08. The van der Waals surface area contributed by atoms with E-state index >= 15 is 0 Å². The van der Waals surface area contributed by atoms with Crippen LogP contribution in [0.5, 0.6) is 11.5 Å². The normalized spacial score (nSPS) is 11.7. The van der Waals surface area contributed by atoms with Crippen molar-refractivity contribution in [1.29, 1.82) is 0 Å². The summed E-state index contributed by atoms with van der Waals surface area (Å²) < 4.78 is 10.9. The second-order valence-corrected chi connectivity index (χ2v) is 7.27. The lowest BCUT2D eigenvalue weighted by atomic mass is 9.99. The van der Waals surface area contributed by atoms with Crippen molar-refractivity contribution >= 4 is 23.2 Å². The average Bonchev–Trinajstić information content (AvgIpc) is 2.72. The summed E-state index contributed by atoms with van der Waals surface area (Å²) in [5, 5.41) is 5.58. The largest absolute Gasteiger partial charge is 0.494 e. The number of carbonyl (C=O) groups excluding carboxylic acids is 2. The van der Waals surface area contributed by atoms with Crippen LogP contribution in [-0.4, -0.2) is 25.5 Å². The summed E-state index contributed by atoms with van der Waals surface area (Å²) in [5.74, 6) is 1.09. The molecule has 0 aliphatic rings. The summed E-state index contributed by atoms with van der Waals surface area (Å²) in [6.45, 7) is 7.86. The minimum atomic E-state index is -0.281. The highest BCUT2D eigenvalue weighted by Crippen LogP contribution is 2.28. The minimum Gasteiger partial charge on any atom is -0.494 e. The first-order chi connectivity index (χ1) is 13.8. The lowest BCUT2D eigenvalue weighted by molar-refractivity contribution is -0.119. The quantitative estimate of drug-likeness (QED) is 0.635. The summed E-state index contributed by atoms with van der Waals surface area (Å²) in [7, 11) is 1.51. The van der Waals surface area contributed by atoms with Gasteiger partial charge in [-0.05, 0) is 42.2 Å². The zero-order valence-electron chi connectivity index (χ0n) is 17.7. The van der Waals surface area contributed by atoms with Crippen LogP contribution in [0, 0.1) is 5.92 Å². The first kappa shape index (κ1) is 22.3. The number of rotatable bonds is 9. The van der Waals surface area contributed by atoms with Gasteiger partial charge in [-0.3, -0.25) is 9.59 Å². The van der Waals surface area contributed by atoms with Crippen molar-refractivity contribution in [2.75, 3.05) is 24.4 Å². The maximum Gasteiger partial charge on any atom is 0.262 e. The molecule has 0 fully saturated rings. The van der Waals surface area contributed by atoms with Crippen LogP contribution in [-0.2, 0) is 9.59 Å². The van der Waals surface area contributed by atoms with Gasteiger partial charge in [-0.1, -0.05) is 39.8 Å². The van der Waals surface area contributed by atoms with Gasteiger partial charge in [0, 0.05) is 17.7 Å². The Balaban J connectivity index is 1.93. The molecule has 6 nitrogen and oxygen atoms in total. The van der Waals surface area contributed by atoms with E-state index in [1.165, 1.54) is 12.7 Å². The van der Waals surface area contributed by atoms with Crippen LogP contribution in [0.2, 0.25) is 0 Å². The molecule has 0 bridgehead atoms. The van der Waals surface area contributed by atoms with Gasteiger partial charge in [0.25, 0.3) is 5.91 Å². The summed E-state index contributed by atoms with van der Waals surface area (Å²) in [5.41, 5.74) is 2.37. The number of carbonyl (C=O) groups is 2. The van der Waals surface area contributed by atoms with Gasteiger partial charge in [-0.2, -0.15) is 0 Å². The van der Waals surface area contributed by atoms with E-state index in [-0.39, 0.29) is 24.3 Å². The Kier molecular flexibility index (Phi) is 8.07. The molecule has 2 rings (SSSR count). The lowest BCUT2D eigenvalue weighted by Crippen LogP contribution is -2.20. The van der Waals surface area contributed by atoms with Gasteiger partial charge >= 0.3 is 0 Å². The van der Waals surface area contributed by atoms with Crippen LogP contribution >= 0.6 is 0 Å². The molecular formula is C23H30N2O4. The molecule has 0 saturated heterocycles. The number of nitrogens with one attached hydrogen (secondary N) is 2. The van der Waals surface area contributed by atoms with Gasteiger partial charge in [-0.25, -0.2) is 0 Å². The molecule has 0 saturated carbocycles. The second kappa shape index (κ2) is 10.5. The fourth-order valence-electron chi connectivity index (χ4n) is 2.62. The van der Waals surface area contributed by atoms with Gasteiger partial charge in [0.2, 0.25) is 5.91 Å². The number of hydrogen-bond acceptors (Lipinski definition) is 4. The Morgan fingerprint density at radius 1 is 1.00 bits per heavy atom. The van der Waals surface area contributed by atoms with E-state index in [0.29, 0.717) is 28.8 Å². The maximum absolute atomic E-state index is 12.2. The molecule has 0 radical (unpaired) electrons. The number of anilines is 2. The molecule has 2 N–H and O–H groups in total. The fourth-order valence-corrected chi connectivity index (χ4v) is 2.62. The highest BCUT2D eigenvalue weighted by molar-refractivity contribution is 5.95. The number of benzene rings is 2. The molecule has 29 heavy (non-hydrogen) atoms. The van der Waals surface area contributed by atoms with E-state index in [1.54, 1.807) is 18.2 Å². The van der Waals surface area contributed by atoms with Gasteiger partial charge in [0.05, 0.1) is 12.8 Å². The number of methoxy groups -OCH3 is 1. The van der Waals surface area contributed by atoms with Crippen molar-refractivity contribution in [2.24, 2.45) is 5.92 Å². The molecular weight excluding hydrogens is 368 g/mol. The molecule has 6 heteroatoms. The second-order valence-electron chi connectivity index (χ2n) is 7.27. The lowest BCUT2D eigenvalue weighted by Gasteiger charge is -2.14. The predicted molar refractivity (Wildman–Crippen MR) is 116 cm³/mol. The molecule has 1 atom stereocenters. The molecule has 0 spiro atoms. The molecule has 156 valence electrons. The van der Waals surface area contributed by atoms with E-state index in [1.807, 2.05) is 38.1 Å². The smallest absolute Gasteiger partial charge is 0.262 e. The molecule has 0 heterocycles. The third-order valence-electron chi connectivity index (χ3n) is 4.70. The Bertz CT molecular complexity index is 831. The van der Waals surface area contributed by atoms with E-state index < -0.39 is 0 Å². The zero-order chi connectivity index (χ0) is 21.4. The van der Waals surface area contributed by atoms with Crippen molar-refractivity contribution in [3.63, 3.8) is 0 Å². The number of amides is 2. The molecule has 0 aromatic heterocycles. The van der Waals surface area contributed by atoms with Crippen molar-refractivity contribution in [3.8, 4) is 11.5 Å². The molecule has 0 aliphatic heterocycles. The van der Waals surface area contributed by atoms with Gasteiger partial charge < -0.3 is 20.1 Å². The first-order valence-corrected chi connectivity index (χ1v) is 9.85. The van der Waals surface area contributed by atoms with E-state index in [4.69, 9.17) is 9.47 Å². The van der Waals surface area contributed by atoms with Gasteiger partial charge in [0.15, 0.2) is 6.61 Å². The summed E-state index contributed by atoms with van der Waals surface area (Å²) in [6, 6.07) is 12.9. The molecule has 2 aromatic rings. The van der Waals surface area contributed by atoms with Crippen LogP contribution < -0.4 is 20.1 Å². The van der Waals surface area contributed by atoms with Crippen molar-refractivity contribution in [3.05, 3.63) is 48.0 Å². The summed E-state index contributed by atoms with van der Waals surface area (Å²) in [4.78, 5) is 24.1.